The largest absolute Gasteiger partial charge is 0.399 e. The molecule has 0 atom stereocenters. The van der Waals surface area contributed by atoms with Crippen LogP contribution in [-0.2, 0) is 9.57 Å². The summed E-state index contributed by atoms with van der Waals surface area (Å²) in [6, 6.07) is 9.81. The lowest BCUT2D eigenvalue weighted by atomic mass is 10.1. The lowest BCUT2D eigenvalue weighted by Gasteiger charge is -2.03. The number of ether oxygens (including phenoxy) is 1. The summed E-state index contributed by atoms with van der Waals surface area (Å²) in [7, 11) is 3.16. The second-order valence-electron chi connectivity index (χ2n) is 2.52. The van der Waals surface area contributed by atoms with E-state index in [4.69, 9.17) is 9.57 Å². The number of methoxy groups -OCH3 is 1. The predicted molar refractivity (Wildman–Crippen MR) is 51.9 cm³/mol. The van der Waals surface area contributed by atoms with E-state index in [0.717, 1.165) is 11.3 Å². The van der Waals surface area contributed by atoms with Crippen molar-refractivity contribution in [1.82, 2.24) is 0 Å². The Balaban J connectivity index is 2.83. The van der Waals surface area contributed by atoms with Crippen LogP contribution >= 0.6 is 0 Å². The third-order valence-corrected chi connectivity index (χ3v) is 1.59. The number of hydrogen-bond donors (Lipinski definition) is 0. The van der Waals surface area contributed by atoms with Gasteiger partial charge in [0.2, 0.25) is 0 Å². The van der Waals surface area contributed by atoms with Gasteiger partial charge in [-0.15, -0.1) is 0 Å². The molecule has 0 fully saturated rings. The first-order chi connectivity index (χ1) is 6.38. The standard InChI is InChI=1S/C10H13NO2/c1-12-8-10(11-13-2)9-6-4-3-5-7-9/h3-7H,8H2,1-2H3/b11-10+. The van der Waals surface area contributed by atoms with E-state index in [1.54, 1.807) is 7.11 Å². The number of hydrogen-bond acceptors (Lipinski definition) is 3. The molecule has 3 nitrogen and oxygen atoms in total. The molecule has 1 rings (SSSR count). The Morgan fingerprint density at radius 3 is 2.46 bits per heavy atom. The summed E-state index contributed by atoms with van der Waals surface area (Å²) in [5.41, 5.74) is 1.82. The lowest BCUT2D eigenvalue weighted by Crippen LogP contribution is -2.08. The van der Waals surface area contributed by atoms with Gasteiger partial charge >= 0.3 is 0 Å². The van der Waals surface area contributed by atoms with Gasteiger partial charge in [0.05, 0.1) is 6.61 Å². The van der Waals surface area contributed by atoms with Crippen molar-refractivity contribution >= 4 is 5.71 Å². The third-order valence-electron chi connectivity index (χ3n) is 1.59. The summed E-state index contributed by atoms with van der Waals surface area (Å²) in [4.78, 5) is 4.72. The minimum Gasteiger partial charge on any atom is -0.399 e. The van der Waals surface area contributed by atoms with Crippen LogP contribution in [-0.4, -0.2) is 26.5 Å². The van der Waals surface area contributed by atoms with Crippen LogP contribution < -0.4 is 0 Å². The van der Waals surface area contributed by atoms with Crippen LogP contribution in [0.15, 0.2) is 35.5 Å². The predicted octanol–water partition coefficient (Wildman–Crippen LogP) is 1.68. The zero-order valence-corrected chi connectivity index (χ0v) is 7.86. The fraction of sp³-hybridized carbons (Fsp3) is 0.300. The minimum absolute atomic E-state index is 0.456. The van der Waals surface area contributed by atoms with Gasteiger partial charge in [-0.3, -0.25) is 0 Å². The Hall–Kier alpha value is -1.35. The van der Waals surface area contributed by atoms with Crippen molar-refractivity contribution in [3.05, 3.63) is 35.9 Å². The monoisotopic (exact) mass is 179 g/mol. The molecule has 0 aliphatic carbocycles. The molecule has 0 amide bonds. The molecule has 0 N–H and O–H groups in total. The first-order valence-corrected chi connectivity index (χ1v) is 4.03. The molecule has 0 aliphatic rings. The highest BCUT2D eigenvalue weighted by Crippen LogP contribution is 2.01. The average molecular weight is 179 g/mol. The third kappa shape index (κ3) is 2.87. The highest BCUT2D eigenvalue weighted by Gasteiger charge is 2.01. The van der Waals surface area contributed by atoms with E-state index in [9.17, 15) is 0 Å². The minimum atomic E-state index is 0.456. The maximum absolute atomic E-state index is 5.00. The molecule has 0 saturated carbocycles. The highest BCUT2D eigenvalue weighted by atomic mass is 16.6. The molecule has 13 heavy (non-hydrogen) atoms. The van der Waals surface area contributed by atoms with Crippen LogP contribution in [0.4, 0.5) is 0 Å². The number of oxime groups is 1. The van der Waals surface area contributed by atoms with Gasteiger partial charge in [0, 0.05) is 12.7 Å². The van der Waals surface area contributed by atoms with Crippen molar-refractivity contribution in [2.45, 2.75) is 0 Å². The summed E-state index contributed by atoms with van der Waals surface area (Å²) in [6.45, 7) is 0.456. The maximum Gasteiger partial charge on any atom is 0.113 e. The van der Waals surface area contributed by atoms with E-state index in [1.807, 2.05) is 30.3 Å². The Labute approximate surface area is 78.0 Å². The fourth-order valence-electron chi connectivity index (χ4n) is 1.04. The van der Waals surface area contributed by atoms with Gasteiger partial charge in [0.25, 0.3) is 0 Å². The van der Waals surface area contributed by atoms with Crippen LogP contribution in [0, 0.1) is 0 Å². The summed E-state index contributed by atoms with van der Waals surface area (Å²) in [5.74, 6) is 0. The summed E-state index contributed by atoms with van der Waals surface area (Å²) in [6.07, 6.45) is 0. The van der Waals surface area contributed by atoms with E-state index in [0.29, 0.717) is 6.61 Å². The van der Waals surface area contributed by atoms with Crippen molar-refractivity contribution < 1.29 is 9.57 Å². The maximum atomic E-state index is 5.00. The quantitative estimate of drug-likeness (QED) is 0.520. The van der Waals surface area contributed by atoms with Crippen molar-refractivity contribution in [1.29, 1.82) is 0 Å². The Morgan fingerprint density at radius 2 is 1.92 bits per heavy atom. The molecule has 3 heteroatoms. The van der Waals surface area contributed by atoms with Gasteiger partial charge in [0.15, 0.2) is 0 Å². The average Bonchev–Trinajstić information content (AvgIpc) is 2.19. The molecule has 0 aromatic heterocycles. The van der Waals surface area contributed by atoms with Crippen molar-refractivity contribution in [3.63, 3.8) is 0 Å². The number of rotatable bonds is 4. The molecule has 0 saturated heterocycles. The summed E-state index contributed by atoms with van der Waals surface area (Å²) in [5, 5.41) is 3.88. The van der Waals surface area contributed by atoms with E-state index >= 15 is 0 Å². The molecule has 0 heterocycles. The van der Waals surface area contributed by atoms with Crippen LogP contribution in [0.1, 0.15) is 5.56 Å². The Kier molecular flexibility index (Phi) is 3.99. The van der Waals surface area contributed by atoms with Crippen LogP contribution in [0.2, 0.25) is 0 Å². The second-order valence-corrected chi connectivity index (χ2v) is 2.52. The smallest absolute Gasteiger partial charge is 0.113 e. The van der Waals surface area contributed by atoms with Crippen molar-refractivity contribution in [2.75, 3.05) is 20.8 Å². The molecule has 1 aromatic carbocycles. The van der Waals surface area contributed by atoms with Gasteiger partial charge in [-0.1, -0.05) is 35.5 Å². The van der Waals surface area contributed by atoms with E-state index in [1.165, 1.54) is 7.11 Å². The van der Waals surface area contributed by atoms with Crippen molar-refractivity contribution in [3.8, 4) is 0 Å². The van der Waals surface area contributed by atoms with Gasteiger partial charge in [-0.2, -0.15) is 0 Å². The van der Waals surface area contributed by atoms with Crippen LogP contribution in [0.3, 0.4) is 0 Å². The molecule has 0 spiro atoms. The molecule has 0 radical (unpaired) electrons. The van der Waals surface area contributed by atoms with Gasteiger partial charge in [-0.25, -0.2) is 0 Å². The van der Waals surface area contributed by atoms with Gasteiger partial charge in [-0.05, 0) is 0 Å². The van der Waals surface area contributed by atoms with Gasteiger partial charge in [0.1, 0.15) is 12.8 Å². The topological polar surface area (TPSA) is 30.8 Å². The van der Waals surface area contributed by atoms with Crippen molar-refractivity contribution in [2.24, 2.45) is 5.16 Å². The van der Waals surface area contributed by atoms with Crippen LogP contribution in [0.25, 0.3) is 0 Å². The van der Waals surface area contributed by atoms with Gasteiger partial charge < -0.3 is 9.57 Å². The first kappa shape index (κ1) is 9.74. The Morgan fingerprint density at radius 1 is 1.23 bits per heavy atom. The molecule has 0 unspecified atom stereocenters. The van der Waals surface area contributed by atoms with E-state index in [2.05, 4.69) is 5.16 Å². The molecule has 0 aliphatic heterocycles. The zero-order chi connectivity index (χ0) is 9.52. The van der Waals surface area contributed by atoms with E-state index < -0.39 is 0 Å². The summed E-state index contributed by atoms with van der Waals surface area (Å²) >= 11 is 0. The SMILES string of the molecule is COC/C(=N\OC)c1ccccc1. The van der Waals surface area contributed by atoms with E-state index in [-0.39, 0.29) is 0 Å². The molecular weight excluding hydrogens is 166 g/mol. The second kappa shape index (κ2) is 5.32. The summed E-state index contributed by atoms with van der Waals surface area (Å²) < 4.78 is 5.00. The fourth-order valence-corrected chi connectivity index (χ4v) is 1.04. The van der Waals surface area contributed by atoms with Crippen LogP contribution in [0.5, 0.6) is 0 Å². The molecular formula is C10H13NO2. The lowest BCUT2D eigenvalue weighted by molar-refractivity contribution is 0.201. The molecule has 1 aromatic rings. The normalized spacial score (nSPS) is 11.4. The first-order valence-electron chi connectivity index (χ1n) is 4.03. The zero-order valence-electron chi connectivity index (χ0n) is 7.86. The Bertz CT molecular complexity index is 270. The molecule has 0 bridgehead atoms. The highest BCUT2D eigenvalue weighted by molar-refractivity contribution is 6.01. The number of nitrogens with zero attached hydrogens (tertiary/aromatic N) is 1. The number of benzene rings is 1. The molecule has 70 valence electrons.